The molecule has 8 heteroatoms. The first-order valence-corrected chi connectivity index (χ1v) is 10.1. The van der Waals surface area contributed by atoms with Gasteiger partial charge in [0.1, 0.15) is 12.4 Å². The van der Waals surface area contributed by atoms with E-state index in [1.807, 2.05) is 42.5 Å². The number of halogens is 1. The van der Waals surface area contributed by atoms with E-state index in [0.717, 1.165) is 22.5 Å². The molecular weight excluding hydrogens is 414 g/mol. The minimum absolute atomic E-state index is 0.0878. The number of benzene rings is 2. The maximum Gasteiger partial charge on any atom is 0.307 e. The van der Waals surface area contributed by atoms with Gasteiger partial charge in [0.15, 0.2) is 0 Å². The average Bonchev–Trinajstić information content (AvgIpc) is 2.99. The van der Waals surface area contributed by atoms with Crippen molar-refractivity contribution in [3.63, 3.8) is 0 Å². The highest BCUT2D eigenvalue weighted by atomic mass is 35.5. The molecule has 2 N–H and O–H groups in total. The highest BCUT2D eigenvalue weighted by Gasteiger charge is 2.15. The van der Waals surface area contributed by atoms with Crippen LogP contribution in [0.25, 0.3) is 0 Å². The monoisotopic (exact) mass is 433 g/mol. The zero-order chi connectivity index (χ0) is 20.8. The molecular formula is C21H20ClNO5S. The number of thiazole rings is 1. The number of nitrogens with one attached hydrogen (secondary N) is 1. The van der Waals surface area contributed by atoms with E-state index in [0.29, 0.717) is 28.7 Å². The van der Waals surface area contributed by atoms with Gasteiger partial charge in [-0.1, -0.05) is 47.2 Å². The number of hydrogen-bond acceptors (Lipinski definition) is 6. The number of carbonyl (C=O) groups excluding carboxylic acids is 1. The van der Waals surface area contributed by atoms with Gasteiger partial charge in [-0.2, -0.15) is 0 Å². The lowest BCUT2D eigenvalue weighted by atomic mass is 10.0. The van der Waals surface area contributed by atoms with Gasteiger partial charge in [-0.3, -0.25) is 14.6 Å². The van der Waals surface area contributed by atoms with Crippen molar-refractivity contribution in [1.29, 1.82) is 0 Å². The third-order valence-electron chi connectivity index (χ3n) is 4.25. The van der Waals surface area contributed by atoms with Crippen LogP contribution in [0.1, 0.15) is 28.8 Å². The lowest BCUT2D eigenvalue weighted by Gasteiger charge is -2.18. The third kappa shape index (κ3) is 6.10. The summed E-state index contributed by atoms with van der Waals surface area (Å²) in [4.78, 5) is 25.2. The normalized spacial score (nSPS) is 11.8. The summed E-state index contributed by atoms with van der Waals surface area (Å²) in [5.74, 6) is 0.0632. The molecule has 152 valence electrons. The molecule has 0 spiro atoms. The number of aromatic nitrogens is 1. The first kappa shape index (κ1) is 21.0. The van der Waals surface area contributed by atoms with Gasteiger partial charge in [-0.15, -0.1) is 0 Å². The number of ether oxygens (including phenoxy) is 2. The second kappa shape index (κ2) is 9.62. The Morgan fingerprint density at radius 3 is 2.59 bits per heavy atom. The molecule has 1 heterocycles. The molecule has 1 unspecified atom stereocenters. The molecule has 0 aliphatic carbocycles. The predicted octanol–water partition coefficient (Wildman–Crippen LogP) is 4.11. The minimum Gasteiger partial charge on any atom is -0.494 e. The predicted molar refractivity (Wildman–Crippen MR) is 112 cm³/mol. The fourth-order valence-electron chi connectivity index (χ4n) is 2.78. The van der Waals surface area contributed by atoms with Crippen LogP contribution in [0.15, 0.2) is 53.3 Å². The van der Waals surface area contributed by atoms with Crippen LogP contribution in [0, 0.1) is 0 Å². The topological polar surface area (TPSA) is 88.6 Å². The number of aromatic amines is 1. The van der Waals surface area contributed by atoms with Gasteiger partial charge in [-0.25, -0.2) is 0 Å². The number of H-pyrrole nitrogens is 1. The summed E-state index contributed by atoms with van der Waals surface area (Å²) in [6, 6.07) is 14.8. The van der Waals surface area contributed by atoms with Crippen LogP contribution < -0.4 is 9.61 Å². The Morgan fingerprint density at radius 1 is 1.21 bits per heavy atom. The Bertz CT molecular complexity index is 1030. The van der Waals surface area contributed by atoms with E-state index in [1.54, 1.807) is 6.07 Å². The summed E-state index contributed by atoms with van der Waals surface area (Å²) in [6.07, 6.45) is 0.451. The van der Waals surface area contributed by atoms with Gasteiger partial charge in [0.25, 0.3) is 0 Å². The van der Waals surface area contributed by atoms with Gasteiger partial charge in [0.2, 0.25) is 5.88 Å². The van der Waals surface area contributed by atoms with E-state index in [-0.39, 0.29) is 29.2 Å². The Morgan fingerprint density at radius 2 is 1.97 bits per heavy atom. The molecule has 0 fully saturated rings. The largest absolute Gasteiger partial charge is 0.494 e. The van der Waals surface area contributed by atoms with Gasteiger partial charge in [0, 0.05) is 18.4 Å². The molecule has 0 bridgehead atoms. The molecule has 0 saturated heterocycles. The van der Waals surface area contributed by atoms with Crippen molar-refractivity contribution in [2.45, 2.75) is 19.3 Å². The Balaban J connectivity index is 1.64. The minimum atomic E-state index is -0.350. The second-order valence-electron chi connectivity index (χ2n) is 6.47. The molecule has 3 rings (SSSR count). The standard InChI is InChI=1S/C21H20ClNO5S/c1-13(24)27-11-16(15-3-2-4-17(22)10-15)12-28-18-7-5-14(6-8-18)9-19-20(25)23-21(26)29-19/h2-8,10,16,25H,9,11-12H2,1H3,(H,23,26). The lowest BCUT2D eigenvalue weighted by Crippen LogP contribution is -2.18. The SMILES string of the molecule is CC(=O)OCC(COc1ccc(Cc2sc(=O)[nH]c2O)cc1)c1cccc(Cl)c1. The van der Waals surface area contributed by atoms with Gasteiger partial charge < -0.3 is 14.6 Å². The molecule has 0 radical (unpaired) electrons. The van der Waals surface area contributed by atoms with Crippen LogP contribution in [0.4, 0.5) is 0 Å². The molecule has 2 aromatic carbocycles. The number of esters is 1. The highest BCUT2D eigenvalue weighted by Crippen LogP contribution is 2.24. The summed E-state index contributed by atoms with van der Waals surface area (Å²) in [5, 5.41) is 10.3. The van der Waals surface area contributed by atoms with Gasteiger partial charge in [0.05, 0.1) is 17.4 Å². The van der Waals surface area contributed by atoms with Crippen molar-refractivity contribution < 1.29 is 19.4 Å². The van der Waals surface area contributed by atoms with Crippen LogP contribution >= 0.6 is 22.9 Å². The fourth-order valence-corrected chi connectivity index (χ4v) is 3.73. The van der Waals surface area contributed by atoms with Crippen molar-refractivity contribution in [3.8, 4) is 11.6 Å². The first-order valence-electron chi connectivity index (χ1n) is 8.92. The van der Waals surface area contributed by atoms with Crippen molar-refractivity contribution in [2.75, 3.05) is 13.2 Å². The van der Waals surface area contributed by atoms with E-state index in [9.17, 15) is 14.7 Å². The van der Waals surface area contributed by atoms with Gasteiger partial charge >= 0.3 is 10.8 Å². The van der Waals surface area contributed by atoms with E-state index in [4.69, 9.17) is 21.1 Å². The lowest BCUT2D eigenvalue weighted by molar-refractivity contribution is -0.141. The van der Waals surface area contributed by atoms with E-state index >= 15 is 0 Å². The Labute approximate surface area is 176 Å². The highest BCUT2D eigenvalue weighted by molar-refractivity contribution is 7.09. The van der Waals surface area contributed by atoms with E-state index in [1.165, 1.54) is 6.92 Å². The summed E-state index contributed by atoms with van der Waals surface area (Å²) in [7, 11) is 0. The third-order valence-corrected chi connectivity index (χ3v) is 5.35. The van der Waals surface area contributed by atoms with Crippen LogP contribution in [-0.4, -0.2) is 29.3 Å². The Hall–Kier alpha value is -2.77. The second-order valence-corrected chi connectivity index (χ2v) is 7.98. The zero-order valence-corrected chi connectivity index (χ0v) is 17.3. The summed E-state index contributed by atoms with van der Waals surface area (Å²) in [5.41, 5.74) is 1.86. The van der Waals surface area contributed by atoms with Crippen LogP contribution in [-0.2, 0) is 16.0 Å². The molecule has 0 saturated carbocycles. The number of carbonyl (C=O) groups is 1. The van der Waals surface area contributed by atoms with Gasteiger partial charge in [-0.05, 0) is 35.4 Å². The van der Waals surface area contributed by atoms with Crippen LogP contribution in [0.2, 0.25) is 5.02 Å². The quantitative estimate of drug-likeness (QED) is 0.522. The number of hydrogen-bond donors (Lipinski definition) is 2. The molecule has 1 aromatic heterocycles. The molecule has 0 amide bonds. The molecule has 29 heavy (non-hydrogen) atoms. The van der Waals surface area contributed by atoms with Crippen molar-refractivity contribution in [3.05, 3.63) is 79.2 Å². The van der Waals surface area contributed by atoms with E-state index < -0.39 is 0 Å². The maximum absolute atomic E-state index is 11.3. The molecule has 0 aliphatic heterocycles. The Kier molecular flexibility index (Phi) is 6.95. The average molecular weight is 434 g/mol. The number of rotatable bonds is 8. The number of aromatic hydroxyl groups is 1. The van der Waals surface area contributed by atoms with Crippen molar-refractivity contribution in [1.82, 2.24) is 4.98 Å². The molecule has 0 aliphatic rings. The van der Waals surface area contributed by atoms with E-state index in [2.05, 4.69) is 4.98 Å². The van der Waals surface area contributed by atoms with Crippen molar-refractivity contribution >= 4 is 28.9 Å². The molecule has 1 atom stereocenters. The maximum atomic E-state index is 11.3. The summed E-state index contributed by atoms with van der Waals surface area (Å²) in [6.45, 7) is 1.88. The fraction of sp³-hybridized carbons (Fsp3) is 0.238. The summed E-state index contributed by atoms with van der Waals surface area (Å²) >= 11 is 7.07. The van der Waals surface area contributed by atoms with Crippen LogP contribution in [0.5, 0.6) is 11.6 Å². The summed E-state index contributed by atoms with van der Waals surface area (Å²) < 4.78 is 11.1. The molecule has 3 aromatic rings. The van der Waals surface area contributed by atoms with Crippen LogP contribution in [0.3, 0.4) is 0 Å². The zero-order valence-electron chi connectivity index (χ0n) is 15.7. The van der Waals surface area contributed by atoms with Crippen molar-refractivity contribution in [2.24, 2.45) is 0 Å². The molecule has 6 nitrogen and oxygen atoms in total. The smallest absolute Gasteiger partial charge is 0.307 e. The first-order chi connectivity index (χ1) is 13.9.